The maximum absolute atomic E-state index is 13.5. The first kappa shape index (κ1) is 27.2. The highest BCUT2D eigenvalue weighted by Gasteiger charge is 2.20. The molecule has 0 saturated heterocycles. The number of carbonyl (C=O) groups is 2. The Morgan fingerprint density at radius 1 is 1.03 bits per heavy atom. The molecule has 3 aromatic rings. The molecule has 0 bridgehead atoms. The van der Waals surface area contributed by atoms with Crippen LogP contribution >= 0.6 is 15.9 Å². The van der Waals surface area contributed by atoms with E-state index in [-0.39, 0.29) is 6.03 Å². The highest BCUT2D eigenvalue weighted by molar-refractivity contribution is 9.10. The van der Waals surface area contributed by atoms with Gasteiger partial charge in [-0.3, -0.25) is 9.69 Å². The first-order valence-corrected chi connectivity index (χ1v) is 13.4. The summed E-state index contributed by atoms with van der Waals surface area (Å²) in [5, 5.41) is 5.95. The molecule has 1 aliphatic rings. The number of hydrogen-bond acceptors (Lipinski definition) is 3. The maximum Gasteiger partial charge on any atom is 0.326 e. The van der Waals surface area contributed by atoms with E-state index in [1.165, 1.54) is 37.7 Å². The topological polar surface area (TPSA) is 124 Å². The number of amides is 3. The minimum absolute atomic E-state index is 0.263. The normalized spacial score (nSPS) is 14.1. The number of carbonyl (C=O) groups excluding carboxylic acids is 2. The van der Waals surface area contributed by atoms with Crippen LogP contribution in [0.2, 0.25) is 0 Å². The van der Waals surface area contributed by atoms with E-state index in [2.05, 4.69) is 43.5 Å². The Bertz CT molecular complexity index is 1330. The number of halogens is 1. The summed E-state index contributed by atoms with van der Waals surface area (Å²) in [6, 6.07) is 20.5. The molecule has 3 amide bonds. The van der Waals surface area contributed by atoms with Gasteiger partial charge in [0.15, 0.2) is 0 Å². The molecule has 3 aromatic carbocycles. The molecule has 38 heavy (non-hydrogen) atoms. The molecule has 0 heterocycles. The van der Waals surface area contributed by atoms with Crippen LogP contribution in [0.4, 0.5) is 16.2 Å². The third kappa shape index (κ3) is 6.92. The summed E-state index contributed by atoms with van der Waals surface area (Å²) in [7, 11) is 0. The number of aliphatic imine (C=N–C) groups is 1. The molecule has 1 fully saturated rings. The molecular formula is C29H31BrN6O2. The molecule has 9 heteroatoms. The number of nitrogens with one attached hydrogen (secondary N) is 2. The molecule has 196 valence electrons. The van der Waals surface area contributed by atoms with Gasteiger partial charge in [-0.1, -0.05) is 65.5 Å². The van der Waals surface area contributed by atoms with Crippen molar-refractivity contribution in [2.75, 3.05) is 10.2 Å². The number of rotatable bonds is 6. The summed E-state index contributed by atoms with van der Waals surface area (Å²) in [5.74, 6) is -0.404. The molecule has 0 radical (unpaired) electrons. The standard InChI is InChI=1S/C29H31BrN6O2/c1-19-7-14-24(17-26(19)30)33-29(38)36(25-15-12-22(13-16-25)21-5-3-2-4-6-21)18-20-8-10-23(11-9-20)27(37)34-28(31)35-32/h7-17,21,32H,2-6,18H2,1H3,(H,33,38)(H2,31,34,37). The Kier molecular flexibility index (Phi) is 9.02. The van der Waals surface area contributed by atoms with Crippen molar-refractivity contribution in [3.63, 3.8) is 0 Å². The number of benzene rings is 3. The van der Waals surface area contributed by atoms with Crippen molar-refractivity contribution in [2.45, 2.75) is 51.5 Å². The Hall–Kier alpha value is -3.85. The van der Waals surface area contributed by atoms with Gasteiger partial charge in [0.1, 0.15) is 0 Å². The lowest BCUT2D eigenvalue weighted by Crippen LogP contribution is -2.34. The molecule has 0 unspecified atom stereocenters. The molecule has 8 nitrogen and oxygen atoms in total. The minimum Gasteiger partial charge on any atom is -0.366 e. The van der Waals surface area contributed by atoms with E-state index in [9.17, 15) is 9.59 Å². The van der Waals surface area contributed by atoms with E-state index in [1.807, 2.05) is 37.3 Å². The number of guanidine groups is 1. The fourth-order valence-electron chi connectivity index (χ4n) is 4.63. The first-order valence-electron chi connectivity index (χ1n) is 12.6. The average Bonchev–Trinajstić information content (AvgIpc) is 2.94. The zero-order valence-corrected chi connectivity index (χ0v) is 22.9. The highest BCUT2D eigenvalue weighted by Crippen LogP contribution is 2.33. The monoisotopic (exact) mass is 574 g/mol. The molecule has 4 N–H and O–H groups in total. The van der Waals surface area contributed by atoms with Gasteiger partial charge in [0.25, 0.3) is 5.91 Å². The smallest absolute Gasteiger partial charge is 0.326 e. The van der Waals surface area contributed by atoms with Crippen molar-refractivity contribution in [2.24, 2.45) is 15.8 Å². The van der Waals surface area contributed by atoms with Gasteiger partial charge in [-0.25, -0.2) is 10.3 Å². The van der Waals surface area contributed by atoms with E-state index in [4.69, 9.17) is 11.3 Å². The fraction of sp³-hybridized carbons (Fsp3) is 0.276. The van der Waals surface area contributed by atoms with Gasteiger partial charge >= 0.3 is 6.03 Å². The molecule has 0 aromatic heterocycles. The summed E-state index contributed by atoms with van der Waals surface area (Å²) < 4.78 is 0.917. The summed E-state index contributed by atoms with van der Waals surface area (Å²) in [5.41, 5.74) is 17.2. The van der Waals surface area contributed by atoms with Gasteiger partial charge in [-0.2, -0.15) is 4.99 Å². The summed E-state index contributed by atoms with van der Waals surface area (Å²) in [6.07, 6.45) is 6.26. The average molecular weight is 576 g/mol. The van der Waals surface area contributed by atoms with Crippen LogP contribution in [0.25, 0.3) is 0 Å². The molecule has 1 aliphatic carbocycles. The predicted octanol–water partition coefficient (Wildman–Crippen LogP) is 7.53. The van der Waals surface area contributed by atoms with Gasteiger partial charge in [-0.15, -0.1) is 5.11 Å². The maximum atomic E-state index is 13.5. The van der Waals surface area contributed by atoms with E-state index in [0.29, 0.717) is 23.7 Å². The summed E-state index contributed by atoms with van der Waals surface area (Å²) >= 11 is 3.53. The molecule has 0 atom stereocenters. The Labute approximate surface area is 231 Å². The van der Waals surface area contributed by atoms with E-state index >= 15 is 0 Å². The number of nitrogens with zero attached hydrogens (tertiary/aromatic N) is 3. The summed E-state index contributed by atoms with van der Waals surface area (Å²) in [4.78, 5) is 31.0. The lowest BCUT2D eigenvalue weighted by Gasteiger charge is -2.26. The van der Waals surface area contributed by atoms with Gasteiger partial charge in [0, 0.05) is 21.4 Å². The molecule has 0 spiro atoms. The van der Waals surface area contributed by atoms with Crippen molar-refractivity contribution in [3.8, 4) is 0 Å². The number of aryl methyl sites for hydroxylation is 1. The number of urea groups is 1. The van der Waals surface area contributed by atoms with E-state index in [0.717, 1.165) is 21.3 Å². The van der Waals surface area contributed by atoms with Gasteiger partial charge < -0.3 is 11.1 Å². The van der Waals surface area contributed by atoms with Gasteiger partial charge in [0.2, 0.25) is 5.96 Å². The van der Waals surface area contributed by atoms with Gasteiger partial charge in [0.05, 0.1) is 6.54 Å². The van der Waals surface area contributed by atoms with Crippen molar-refractivity contribution in [3.05, 3.63) is 93.5 Å². The predicted molar refractivity (Wildman–Crippen MR) is 154 cm³/mol. The van der Waals surface area contributed by atoms with Crippen LogP contribution in [0.5, 0.6) is 0 Å². The van der Waals surface area contributed by atoms with Crippen molar-refractivity contribution < 1.29 is 9.59 Å². The zero-order chi connectivity index (χ0) is 27.1. The van der Waals surface area contributed by atoms with Crippen LogP contribution in [0.3, 0.4) is 0 Å². The number of nitrogens with two attached hydrogens (primary N) is 1. The fourth-order valence-corrected chi connectivity index (χ4v) is 5.01. The second kappa shape index (κ2) is 12.6. The second-order valence-corrected chi connectivity index (χ2v) is 10.3. The minimum atomic E-state index is -0.581. The Balaban J connectivity index is 1.57. The molecule has 4 rings (SSSR count). The largest absolute Gasteiger partial charge is 0.366 e. The van der Waals surface area contributed by atoms with E-state index < -0.39 is 11.9 Å². The highest BCUT2D eigenvalue weighted by atomic mass is 79.9. The zero-order valence-electron chi connectivity index (χ0n) is 21.3. The van der Waals surface area contributed by atoms with Gasteiger partial charge in [-0.05, 0) is 78.8 Å². The van der Waals surface area contributed by atoms with Crippen LogP contribution < -0.4 is 16.0 Å². The number of hydrogen-bond donors (Lipinski definition) is 3. The third-order valence-corrected chi connectivity index (χ3v) is 7.68. The molecule has 0 aliphatic heterocycles. The van der Waals surface area contributed by atoms with Crippen molar-refractivity contribution in [1.82, 2.24) is 0 Å². The lowest BCUT2D eigenvalue weighted by molar-refractivity contribution is 0.100. The molecular weight excluding hydrogens is 544 g/mol. The van der Waals surface area contributed by atoms with Crippen LogP contribution in [0, 0.1) is 12.5 Å². The SMILES string of the molecule is Cc1ccc(NC(=O)N(Cc2ccc(C(=O)N=C(N)N=N)cc2)c2ccc(C3CCCCC3)cc2)cc1Br. The van der Waals surface area contributed by atoms with Crippen LogP contribution in [0.15, 0.2) is 81.3 Å². The lowest BCUT2D eigenvalue weighted by atomic mass is 9.84. The van der Waals surface area contributed by atoms with Crippen LogP contribution in [-0.4, -0.2) is 17.9 Å². The first-order chi connectivity index (χ1) is 18.3. The van der Waals surface area contributed by atoms with Crippen LogP contribution in [-0.2, 0) is 6.54 Å². The Morgan fingerprint density at radius 3 is 2.34 bits per heavy atom. The number of anilines is 2. The summed E-state index contributed by atoms with van der Waals surface area (Å²) in [6.45, 7) is 2.29. The third-order valence-electron chi connectivity index (χ3n) is 6.82. The van der Waals surface area contributed by atoms with Crippen molar-refractivity contribution >= 4 is 45.2 Å². The second-order valence-electron chi connectivity index (χ2n) is 9.49. The van der Waals surface area contributed by atoms with E-state index in [1.54, 1.807) is 29.2 Å². The molecule has 1 saturated carbocycles. The van der Waals surface area contributed by atoms with Crippen LogP contribution in [0.1, 0.15) is 65.1 Å². The van der Waals surface area contributed by atoms with Crippen molar-refractivity contribution in [1.29, 1.82) is 5.53 Å². The quantitative estimate of drug-likeness (QED) is 0.160. The Morgan fingerprint density at radius 2 is 1.71 bits per heavy atom.